The van der Waals surface area contributed by atoms with Crippen molar-refractivity contribution in [1.29, 1.82) is 0 Å². The average molecular weight is 595 g/mol. The number of hydrogen-bond donors (Lipinski definition) is 0. The summed E-state index contributed by atoms with van der Waals surface area (Å²) in [4.78, 5) is 29.6. The molecule has 0 spiro atoms. The SMILES string of the molecule is O=c1c2ccccc2nc(-c2cc3ccccc3o2)n1N=Cc1cc(Br)c(OCc2ccccc2)c([N+](=O)[O-])c1. The molecule has 0 aliphatic carbocycles. The summed E-state index contributed by atoms with van der Waals surface area (Å²) in [6.07, 6.45) is 1.36. The van der Waals surface area contributed by atoms with E-state index in [0.29, 0.717) is 32.3 Å². The number of nitro groups is 1. The van der Waals surface area contributed by atoms with Crippen molar-refractivity contribution in [2.75, 3.05) is 0 Å². The third-order valence-electron chi connectivity index (χ3n) is 6.19. The highest BCUT2D eigenvalue weighted by Crippen LogP contribution is 2.37. The van der Waals surface area contributed by atoms with Crippen molar-refractivity contribution in [2.24, 2.45) is 5.10 Å². The van der Waals surface area contributed by atoms with E-state index in [1.54, 1.807) is 36.4 Å². The fourth-order valence-corrected chi connectivity index (χ4v) is 4.87. The van der Waals surface area contributed by atoms with Crippen LogP contribution >= 0.6 is 15.9 Å². The quantitative estimate of drug-likeness (QED) is 0.112. The third kappa shape index (κ3) is 4.87. The molecule has 0 radical (unpaired) electrons. The van der Waals surface area contributed by atoms with Gasteiger partial charge >= 0.3 is 5.69 Å². The predicted molar refractivity (Wildman–Crippen MR) is 156 cm³/mol. The molecule has 0 amide bonds. The van der Waals surface area contributed by atoms with E-state index in [1.807, 2.05) is 54.6 Å². The van der Waals surface area contributed by atoms with Crippen molar-refractivity contribution in [1.82, 2.24) is 9.66 Å². The van der Waals surface area contributed by atoms with Gasteiger partial charge in [0, 0.05) is 17.0 Å². The van der Waals surface area contributed by atoms with E-state index >= 15 is 0 Å². The first-order chi connectivity index (χ1) is 19.5. The van der Waals surface area contributed by atoms with Gasteiger partial charge in [-0.3, -0.25) is 14.9 Å². The van der Waals surface area contributed by atoms with E-state index in [9.17, 15) is 14.9 Å². The van der Waals surface area contributed by atoms with Crippen LogP contribution in [0.4, 0.5) is 5.69 Å². The van der Waals surface area contributed by atoms with Gasteiger partial charge in [-0.15, -0.1) is 0 Å². The van der Waals surface area contributed by atoms with Gasteiger partial charge in [0.05, 0.1) is 26.5 Å². The molecule has 0 atom stereocenters. The standard InChI is InChI=1S/C30H19BrN4O5/c31-23-14-20(15-25(35(37)38)28(23)39-18-19-8-2-1-3-9-19)17-32-34-29(27-16-21-10-4-7-13-26(21)40-27)33-24-12-6-5-11-22(24)30(34)36/h1-17H,18H2. The second-order valence-corrected chi connectivity index (χ2v) is 9.70. The Morgan fingerprint density at radius 2 is 1.75 bits per heavy atom. The van der Waals surface area contributed by atoms with Crippen molar-refractivity contribution in [3.05, 3.63) is 133 Å². The molecule has 0 saturated heterocycles. The molecule has 9 nitrogen and oxygen atoms in total. The van der Waals surface area contributed by atoms with Crippen LogP contribution in [0.15, 0.2) is 116 Å². The normalized spacial score (nSPS) is 11.4. The minimum Gasteiger partial charge on any atom is -0.481 e. The van der Waals surface area contributed by atoms with Crippen LogP contribution in [0, 0.1) is 10.1 Å². The molecule has 40 heavy (non-hydrogen) atoms. The van der Waals surface area contributed by atoms with Gasteiger partial charge in [-0.2, -0.15) is 9.78 Å². The molecular weight excluding hydrogens is 576 g/mol. The van der Waals surface area contributed by atoms with E-state index in [0.717, 1.165) is 15.6 Å². The second-order valence-electron chi connectivity index (χ2n) is 8.84. The zero-order valence-corrected chi connectivity index (χ0v) is 22.3. The summed E-state index contributed by atoms with van der Waals surface area (Å²) in [6, 6.07) is 28.5. The van der Waals surface area contributed by atoms with Crippen LogP contribution in [0.2, 0.25) is 0 Å². The number of rotatable bonds is 7. The van der Waals surface area contributed by atoms with Gasteiger partial charge in [-0.25, -0.2) is 4.98 Å². The molecule has 0 saturated carbocycles. The number of fused-ring (bicyclic) bond motifs is 2. The molecule has 0 aliphatic rings. The fourth-order valence-electron chi connectivity index (χ4n) is 4.29. The number of aromatic nitrogens is 2. The topological polar surface area (TPSA) is 113 Å². The Hall–Kier alpha value is -5.09. The lowest BCUT2D eigenvalue weighted by Crippen LogP contribution is -2.20. The van der Waals surface area contributed by atoms with Crippen molar-refractivity contribution in [2.45, 2.75) is 6.61 Å². The van der Waals surface area contributed by atoms with Crippen LogP contribution in [0.1, 0.15) is 11.1 Å². The lowest BCUT2D eigenvalue weighted by molar-refractivity contribution is -0.386. The number of furan rings is 1. The Balaban J connectivity index is 1.43. The van der Waals surface area contributed by atoms with Crippen LogP contribution in [0.3, 0.4) is 0 Å². The molecule has 6 aromatic rings. The van der Waals surface area contributed by atoms with E-state index < -0.39 is 10.5 Å². The minimum absolute atomic E-state index is 0.0958. The van der Waals surface area contributed by atoms with Crippen LogP contribution in [-0.4, -0.2) is 20.8 Å². The highest BCUT2D eigenvalue weighted by atomic mass is 79.9. The van der Waals surface area contributed by atoms with Gasteiger partial charge in [0.15, 0.2) is 5.76 Å². The Morgan fingerprint density at radius 1 is 1.00 bits per heavy atom. The molecule has 0 aliphatic heterocycles. The van der Waals surface area contributed by atoms with E-state index in [2.05, 4.69) is 26.0 Å². The zero-order chi connectivity index (χ0) is 27.6. The van der Waals surface area contributed by atoms with Gasteiger partial charge in [0.2, 0.25) is 11.6 Å². The Bertz CT molecular complexity index is 1950. The van der Waals surface area contributed by atoms with Crippen molar-refractivity contribution < 1.29 is 14.1 Å². The maximum atomic E-state index is 13.5. The van der Waals surface area contributed by atoms with Gasteiger partial charge < -0.3 is 9.15 Å². The summed E-state index contributed by atoms with van der Waals surface area (Å²) in [5, 5.41) is 17.5. The van der Waals surface area contributed by atoms with Crippen molar-refractivity contribution in [3.8, 4) is 17.3 Å². The van der Waals surface area contributed by atoms with Crippen molar-refractivity contribution >= 4 is 49.7 Å². The number of benzene rings is 4. The first-order valence-corrected chi connectivity index (χ1v) is 13.0. The first kappa shape index (κ1) is 25.2. The lowest BCUT2D eigenvalue weighted by atomic mass is 10.2. The predicted octanol–water partition coefficient (Wildman–Crippen LogP) is 6.94. The molecule has 0 fully saturated rings. The minimum atomic E-state index is -0.522. The molecule has 2 aromatic heterocycles. The molecule has 196 valence electrons. The largest absolute Gasteiger partial charge is 0.481 e. The smallest absolute Gasteiger partial charge is 0.312 e. The highest BCUT2D eigenvalue weighted by molar-refractivity contribution is 9.10. The summed E-state index contributed by atoms with van der Waals surface area (Å²) < 4.78 is 13.3. The molecule has 4 aromatic carbocycles. The van der Waals surface area contributed by atoms with E-state index in [-0.39, 0.29) is 23.9 Å². The monoisotopic (exact) mass is 594 g/mol. The van der Waals surface area contributed by atoms with Gasteiger partial charge in [-0.1, -0.05) is 60.7 Å². The summed E-state index contributed by atoms with van der Waals surface area (Å²) in [5.41, 5.74) is 1.73. The van der Waals surface area contributed by atoms with E-state index in [1.165, 1.54) is 12.3 Å². The number of hydrogen-bond acceptors (Lipinski definition) is 7. The Morgan fingerprint density at radius 3 is 2.55 bits per heavy atom. The summed E-state index contributed by atoms with van der Waals surface area (Å²) in [5.74, 6) is 0.657. The summed E-state index contributed by atoms with van der Waals surface area (Å²) in [7, 11) is 0. The first-order valence-electron chi connectivity index (χ1n) is 12.2. The molecule has 2 heterocycles. The van der Waals surface area contributed by atoms with Gasteiger partial charge in [0.25, 0.3) is 5.56 Å². The number of nitro benzene ring substituents is 1. The van der Waals surface area contributed by atoms with Gasteiger partial charge in [-0.05, 0) is 51.8 Å². The van der Waals surface area contributed by atoms with Crippen molar-refractivity contribution in [3.63, 3.8) is 0 Å². The highest BCUT2D eigenvalue weighted by Gasteiger charge is 2.21. The number of nitrogens with zero attached hydrogens (tertiary/aromatic N) is 4. The maximum Gasteiger partial charge on any atom is 0.312 e. The fraction of sp³-hybridized carbons (Fsp3) is 0.0333. The lowest BCUT2D eigenvalue weighted by Gasteiger charge is -2.10. The van der Waals surface area contributed by atoms with Crippen LogP contribution < -0.4 is 10.3 Å². The van der Waals surface area contributed by atoms with Crippen LogP contribution in [0.5, 0.6) is 5.75 Å². The number of ether oxygens (including phenoxy) is 1. The summed E-state index contributed by atoms with van der Waals surface area (Å²) in [6.45, 7) is 0.159. The molecule has 0 N–H and O–H groups in total. The number of para-hydroxylation sites is 2. The second kappa shape index (κ2) is 10.6. The van der Waals surface area contributed by atoms with Crippen LogP contribution in [0.25, 0.3) is 33.5 Å². The zero-order valence-electron chi connectivity index (χ0n) is 20.7. The van der Waals surface area contributed by atoms with Gasteiger partial charge in [0.1, 0.15) is 12.2 Å². The molecular formula is C30H19BrN4O5. The molecule has 10 heteroatoms. The molecule has 0 bridgehead atoms. The molecule has 6 rings (SSSR count). The van der Waals surface area contributed by atoms with E-state index in [4.69, 9.17) is 9.15 Å². The third-order valence-corrected chi connectivity index (χ3v) is 6.78. The number of halogens is 1. The average Bonchev–Trinajstić information content (AvgIpc) is 3.40. The maximum absolute atomic E-state index is 13.5. The molecule has 0 unspecified atom stereocenters. The Kier molecular flexibility index (Phi) is 6.67. The van der Waals surface area contributed by atoms with Crippen LogP contribution in [-0.2, 0) is 6.61 Å². The summed E-state index contributed by atoms with van der Waals surface area (Å²) >= 11 is 3.40. The Labute approximate surface area is 235 Å².